The van der Waals surface area contributed by atoms with E-state index in [1.54, 1.807) is 24.5 Å². The third kappa shape index (κ3) is 6.41. The molecule has 1 aromatic carbocycles. The Hall–Kier alpha value is -3.59. The van der Waals surface area contributed by atoms with Crippen molar-refractivity contribution in [3.63, 3.8) is 0 Å². The molecule has 212 valence electrons. The third-order valence-corrected chi connectivity index (χ3v) is 8.74. The first-order valence-corrected chi connectivity index (χ1v) is 15.2. The Bertz CT molecular complexity index is 1650. The number of nitrogens with one attached hydrogen (secondary N) is 2. The third-order valence-electron chi connectivity index (χ3n) is 6.35. The van der Waals surface area contributed by atoms with E-state index in [1.807, 2.05) is 17.7 Å². The molecule has 1 fully saturated rings. The average molecular weight is 589 g/mol. The minimum Gasteiger partial charge on any atom is -0.453 e. The summed E-state index contributed by atoms with van der Waals surface area (Å²) in [5, 5.41) is 5.42. The summed E-state index contributed by atoms with van der Waals surface area (Å²) in [4.78, 5) is 21.7. The molecule has 14 heteroatoms. The Morgan fingerprint density at radius 3 is 2.73 bits per heavy atom. The molecule has 40 heavy (non-hydrogen) atoms. The number of benzene rings is 1. The van der Waals surface area contributed by atoms with Crippen molar-refractivity contribution in [2.45, 2.75) is 25.4 Å². The van der Waals surface area contributed by atoms with Crippen LogP contribution in [0.2, 0.25) is 0 Å². The topological polar surface area (TPSA) is 128 Å². The molecule has 5 rings (SSSR count). The predicted octanol–water partition coefficient (Wildman–Crippen LogP) is 4.32. The number of ether oxygens (including phenoxy) is 2. The molecule has 1 aliphatic rings. The number of carbonyl (C=O) groups excluding carboxylic acids is 1. The number of fused-ring (bicyclic) bond motifs is 1. The number of pyridine rings is 1. The van der Waals surface area contributed by atoms with E-state index in [2.05, 4.69) is 20.6 Å². The summed E-state index contributed by atoms with van der Waals surface area (Å²) in [5.74, 6) is 0.440. The molecular formula is C26H29FN6O5S2. The summed E-state index contributed by atoms with van der Waals surface area (Å²) in [5.41, 5.74) is 1.68. The van der Waals surface area contributed by atoms with Gasteiger partial charge in [-0.05, 0) is 31.0 Å². The quantitative estimate of drug-likeness (QED) is 0.267. The summed E-state index contributed by atoms with van der Waals surface area (Å²) >= 11 is 1.38. The maximum Gasteiger partial charge on any atom is 0.319 e. The van der Waals surface area contributed by atoms with Crippen LogP contribution in [0.3, 0.4) is 0 Å². The molecule has 0 aliphatic heterocycles. The molecule has 0 spiro atoms. The van der Waals surface area contributed by atoms with Crippen LogP contribution in [0.15, 0.2) is 42.7 Å². The van der Waals surface area contributed by atoms with Gasteiger partial charge in [0.1, 0.15) is 11.6 Å². The highest BCUT2D eigenvalue weighted by molar-refractivity contribution is 7.88. The zero-order valence-electron chi connectivity index (χ0n) is 22.2. The van der Waals surface area contributed by atoms with Gasteiger partial charge < -0.3 is 24.7 Å². The van der Waals surface area contributed by atoms with Gasteiger partial charge in [0.2, 0.25) is 10.0 Å². The molecule has 3 heterocycles. The Kier molecular flexibility index (Phi) is 8.03. The number of sulfonamides is 1. The van der Waals surface area contributed by atoms with Gasteiger partial charge >= 0.3 is 6.03 Å². The first-order chi connectivity index (χ1) is 19.1. The highest BCUT2D eigenvalue weighted by atomic mass is 32.2. The fourth-order valence-electron chi connectivity index (χ4n) is 4.02. The van der Waals surface area contributed by atoms with E-state index in [-0.39, 0.29) is 37.5 Å². The van der Waals surface area contributed by atoms with Crippen molar-refractivity contribution in [3.8, 4) is 22.2 Å². The summed E-state index contributed by atoms with van der Waals surface area (Å²) in [6, 6.07) is 7.59. The lowest BCUT2D eigenvalue weighted by Crippen LogP contribution is -2.33. The molecular weight excluding hydrogens is 559 g/mol. The van der Waals surface area contributed by atoms with E-state index < -0.39 is 15.8 Å². The second-order valence-corrected chi connectivity index (χ2v) is 12.5. The molecule has 2 N–H and O–H groups in total. The van der Waals surface area contributed by atoms with Crippen molar-refractivity contribution >= 4 is 43.3 Å². The fraction of sp³-hybridized carbons (Fsp3) is 0.346. The summed E-state index contributed by atoms with van der Waals surface area (Å²) in [6.07, 6.45) is 6.30. The van der Waals surface area contributed by atoms with Gasteiger partial charge in [0.25, 0.3) is 0 Å². The number of urea groups is 1. The number of rotatable bonds is 11. The monoisotopic (exact) mass is 588 g/mol. The van der Waals surface area contributed by atoms with Crippen LogP contribution < -0.4 is 15.4 Å². The van der Waals surface area contributed by atoms with Gasteiger partial charge in [-0.15, -0.1) is 11.3 Å². The highest BCUT2D eigenvalue weighted by Gasteiger charge is 2.24. The molecule has 0 radical (unpaired) electrons. The van der Waals surface area contributed by atoms with Crippen LogP contribution in [0.1, 0.15) is 18.5 Å². The van der Waals surface area contributed by atoms with Gasteiger partial charge in [-0.3, -0.25) is 4.98 Å². The smallest absolute Gasteiger partial charge is 0.319 e. The van der Waals surface area contributed by atoms with E-state index in [1.165, 1.54) is 34.9 Å². The standard InChI is InChI=1S/C26H29FN6O5S2/c1-32-18(15-33(10-11-37-2)40(3,35)36)14-29-25(32)23-13-20-24(39-23)22(8-9-28-20)38-21-7-6-17(12-19(21)27)31-26(34)30-16-4-5-16/h6-9,12-14,16H,4-5,10-11,15H2,1-3H3,(H2,30,31,34). The second kappa shape index (κ2) is 11.5. The summed E-state index contributed by atoms with van der Waals surface area (Å²) < 4.78 is 54.2. The number of amides is 2. The van der Waals surface area contributed by atoms with Gasteiger partial charge in [-0.25, -0.2) is 22.6 Å². The number of methoxy groups -OCH3 is 1. The largest absolute Gasteiger partial charge is 0.453 e. The molecule has 0 atom stereocenters. The Morgan fingerprint density at radius 1 is 1.23 bits per heavy atom. The van der Waals surface area contributed by atoms with Gasteiger partial charge in [0, 0.05) is 50.8 Å². The van der Waals surface area contributed by atoms with Gasteiger partial charge in [-0.1, -0.05) is 0 Å². The number of halogens is 1. The van der Waals surface area contributed by atoms with Crippen LogP contribution in [0.5, 0.6) is 11.5 Å². The van der Waals surface area contributed by atoms with Gasteiger partial charge in [0.05, 0.1) is 46.4 Å². The zero-order valence-corrected chi connectivity index (χ0v) is 23.8. The highest BCUT2D eigenvalue weighted by Crippen LogP contribution is 2.39. The number of nitrogens with zero attached hydrogens (tertiary/aromatic N) is 4. The maximum absolute atomic E-state index is 14.9. The van der Waals surface area contributed by atoms with Crippen LogP contribution in [-0.4, -0.2) is 65.8 Å². The van der Waals surface area contributed by atoms with Crippen molar-refractivity contribution in [1.82, 2.24) is 24.2 Å². The maximum atomic E-state index is 14.9. The molecule has 11 nitrogen and oxygen atoms in total. The minimum absolute atomic E-state index is 0.00630. The van der Waals surface area contributed by atoms with Crippen LogP contribution >= 0.6 is 11.3 Å². The molecule has 1 aliphatic carbocycles. The number of anilines is 1. The van der Waals surface area contributed by atoms with E-state index in [0.717, 1.165) is 24.0 Å². The normalized spacial score (nSPS) is 13.6. The number of thiophene rings is 1. The van der Waals surface area contributed by atoms with Gasteiger partial charge in [-0.2, -0.15) is 4.31 Å². The van der Waals surface area contributed by atoms with E-state index >= 15 is 0 Å². The zero-order chi connectivity index (χ0) is 28.4. The number of hydrogen-bond acceptors (Lipinski definition) is 8. The Balaban J connectivity index is 1.35. The lowest BCUT2D eigenvalue weighted by molar-refractivity contribution is 0.177. The van der Waals surface area contributed by atoms with Crippen LogP contribution in [0.4, 0.5) is 14.9 Å². The van der Waals surface area contributed by atoms with Crippen LogP contribution in [0, 0.1) is 5.82 Å². The Morgan fingerprint density at radius 2 is 2.02 bits per heavy atom. The first-order valence-electron chi connectivity index (χ1n) is 12.5. The van der Waals surface area contributed by atoms with E-state index in [0.29, 0.717) is 33.2 Å². The lowest BCUT2D eigenvalue weighted by Gasteiger charge is -2.19. The van der Waals surface area contributed by atoms with E-state index in [9.17, 15) is 17.6 Å². The summed E-state index contributed by atoms with van der Waals surface area (Å²) in [6.45, 7) is 0.651. The number of carbonyl (C=O) groups is 1. The number of hydrogen-bond donors (Lipinski definition) is 2. The van der Waals surface area contributed by atoms with Crippen molar-refractivity contribution in [3.05, 3.63) is 54.2 Å². The van der Waals surface area contributed by atoms with Crippen LogP contribution in [0.25, 0.3) is 20.9 Å². The SMILES string of the molecule is COCCN(Cc1cnc(-c2cc3nccc(Oc4ccc(NC(=O)NC5CC5)cc4F)c3s2)n1C)S(C)(=O)=O. The molecule has 1 saturated carbocycles. The van der Waals surface area contributed by atoms with Crippen molar-refractivity contribution in [2.75, 3.05) is 31.8 Å². The minimum atomic E-state index is -3.44. The predicted molar refractivity (Wildman–Crippen MR) is 151 cm³/mol. The first kappa shape index (κ1) is 28.0. The van der Waals surface area contributed by atoms with E-state index in [4.69, 9.17) is 9.47 Å². The van der Waals surface area contributed by atoms with Crippen LogP contribution in [-0.2, 0) is 28.4 Å². The average Bonchev–Trinajstić information content (AvgIpc) is 3.47. The molecule has 0 bridgehead atoms. The Labute approximate surface area is 235 Å². The fourth-order valence-corrected chi connectivity index (χ4v) is 5.89. The van der Waals surface area contributed by atoms with Crippen molar-refractivity contribution < 1.29 is 27.1 Å². The van der Waals surface area contributed by atoms with Crippen molar-refractivity contribution in [1.29, 1.82) is 0 Å². The van der Waals surface area contributed by atoms with Crippen molar-refractivity contribution in [2.24, 2.45) is 7.05 Å². The molecule has 0 unspecified atom stereocenters. The molecule has 4 aromatic rings. The molecule has 2 amide bonds. The lowest BCUT2D eigenvalue weighted by atomic mass is 10.3. The number of aromatic nitrogens is 3. The second-order valence-electron chi connectivity index (χ2n) is 9.48. The van der Waals surface area contributed by atoms with Gasteiger partial charge in [0.15, 0.2) is 11.6 Å². The molecule has 0 saturated heterocycles. The number of imidazole rings is 1. The summed E-state index contributed by atoms with van der Waals surface area (Å²) in [7, 11) is -0.104. The molecule has 3 aromatic heterocycles.